The maximum Gasteiger partial charge on any atom is 0.306 e. The van der Waals surface area contributed by atoms with Crippen molar-refractivity contribution in [3.05, 3.63) is 0 Å². The summed E-state index contributed by atoms with van der Waals surface area (Å²) in [6.45, 7) is 6.19. The molecule has 0 aliphatic carbocycles. The first-order chi connectivity index (χ1) is 7.95. The summed E-state index contributed by atoms with van der Waals surface area (Å²) in [6.07, 6.45) is 6.92. The number of esters is 1. The first-order valence-corrected chi connectivity index (χ1v) is 6.21. The van der Waals surface area contributed by atoms with Crippen LogP contribution in [-0.2, 0) is 14.3 Å². The van der Waals surface area contributed by atoms with Crippen molar-refractivity contribution in [2.45, 2.75) is 64.9 Å². The molecule has 0 rings (SSSR count). The van der Waals surface area contributed by atoms with Gasteiger partial charge in [0.05, 0.1) is 6.54 Å². The normalized spacial score (nSPS) is 10.8. The predicted molar refractivity (Wildman–Crippen MR) is 66.5 cm³/mol. The molecule has 0 bridgehead atoms. The van der Waals surface area contributed by atoms with Crippen LogP contribution in [0.5, 0.6) is 0 Å². The molecule has 0 saturated heterocycles. The van der Waals surface area contributed by atoms with Gasteiger partial charge >= 0.3 is 5.97 Å². The van der Waals surface area contributed by atoms with E-state index in [1.807, 2.05) is 20.8 Å². The molecule has 0 aliphatic heterocycles. The van der Waals surface area contributed by atoms with E-state index in [1.54, 1.807) is 0 Å². The van der Waals surface area contributed by atoms with E-state index < -0.39 is 0 Å². The number of carbonyl (C=O) groups excluding carboxylic acids is 2. The average molecular weight is 241 g/mol. The smallest absolute Gasteiger partial charge is 0.306 e. The Bertz CT molecular complexity index is 262. The molecule has 98 valence electrons. The molecular weight excluding hydrogens is 218 g/mol. The molecule has 17 heavy (non-hydrogen) atoms. The van der Waals surface area contributed by atoms with Crippen LogP contribution in [0.15, 0.2) is 4.99 Å². The summed E-state index contributed by atoms with van der Waals surface area (Å²) < 4.78 is 5.20. The molecule has 0 aliphatic rings. The molecule has 0 N–H and O–H groups in total. The van der Waals surface area contributed by atoms with Crippen LogP contribution >= 0.6 is 0 Å². The number of carbonyl (C=O) groups is 1. The Morgan fingerprint density at radius 1 is 1.12 bits per heavy atom. The lowest BCUT2D eigenvalue weighted by Crippen LogP contribution is -2.23. The van der Waals surface area contributed by atoms with Crippen molar-refractivity contribution in [2.75, 3.05) is 6.54 Å². The number of isocyanates is 1. The molecule has 0 saturated carbocycles. The van der Waals surface area contributed by atoms with Gasteiger partial charge in [-0.25, -0.2) is 9.79 Å². The number of aliphatic imine (C=N–C) groups is 1. The van der Waals surface area contributed by atoms with E-state index in [4.69, 9.17) is 4.74 Å². The Balaban J connectivity index is 3.34. The van der Waals surface area contributed by atoms with Crippen molar-refractivity contribution in [1.82, 2.24) is 0 Å². The van der Waals surface area contributed by atoms with E-state index in [9.17, 15) is 9.59 Å². The lowest BCUT2D eigenvalue weighted by Gasteiger charge is -2.19. The van der Waals surface area contributed by atoms with Crippen LogP contribution in [-0.4, -0.2) is 24.2 Å². The lowest BCUT2D eigenvalue weighted by atomic mass is 10.1. The third-order valence-electron chi connectivity index (χ3n) is 2.14. The van der Waals surface area contributed by atoms with Crippen molar-refractivity contribution in [3.63, 3.8) is 0 Å². The van der Waals surface area contributed by atoms with Gasteiger partial charge in [-0.1, -0.05) is 19.3 Å². The van der Waals surface area contributed by atoms with Crippen LogP contribution in [0.3, 0.4) is 0 Å². The van der Waals surface area contributed by atoms with Crippen molar-refractivity contribution >= 4 is 12.0 Å². The van der Waals surface area contributed by atoms with E-state index in [0.29, 0.717) is 13.0 Å². The number of unbranched alkanes of at least 4 members (excludes halogenated alkanes) is 4. The second kappa shape index (κ2) is 8.94. The molecule has 0 heterocycles. The highest BCUT2D eigenvalue weighted by atomic mass is 16.6. The van der Waals surface area contributed by atoms with Crippen molar-refractivity contribution in [3.8, 4) is 0 Å². The van der Waals surface area contributed by atoms with Crippen LogP contribution in [0.1, 0.15) is 59.3 Å². The van der Waals surface area contributed by atoms with Crippen LogP contribution in [0.2, 0.25) is 0 Å². The highest BCUT2D eigenvalue weighted by molar-refractivity contribution is 5.69. The van der Waals surface area contributed by atoms with Gasteiger partial charge in [0.1, 0.15) is 5.60 Å². The Kier molecular flexibility index (Phi) is 8.34. The molecule has 0 unspecified atom stereocenters. The standard InChI is InChI=1S/C13H23NO3/c1-13(2,3)17-12(16)9-7-5-4-6-8-10-14-11-15/h4-10H2,1-3H3. The Morgan fingerprint density at radius 3 is 2.29 bits per heavy atom. The van der Waals surface area contributed by atoms with Gasteiger partial charge in [0.25, 0.3) is 0 Å². The predicted octanol–water partition coefficient (Wildman–Crippen LogP) is 3.00. The van der Waals surface area contributed by atoms with Crippen LogP contribution in [0.4, 0.5) is 0 Å². The number of nitrogens with zero attached hydrogens (tertiary/aromatic N) is 1. The molecule has 0 radical (unpaired) electrons. The monoisotopic (exact) mass is 241 g/mol. The Morgan fingerprint density at radius 2 is 1.71 bits per heavy atom. The van der Waals surface area contributed by atoms with E-state index in [-0.39, 0.29) is 11.6 Å². The highest BCUT2D eigenvalue weighted by Crippen LogP contribution is 2.11. The Hall–Kier alpha value is -1.15. The van der Waals surface area contributed by atoms with E-state index in [1.165, 1.54) is 6.08 Å². The van der Waals surface area contributed by atoms with Crippen molar-refractivity contribution in [1.29, 1.82) is 0 Å². The minimum atomic E-state index is -0.385. The molecule has 0 atom stereocenters. The topological polar surface area (TPSA) is 55.7 Å². The Labute approximate surface area is 103 Å². The molecule has 0 fully saturated rings. The second-order valence-corrected chi connectivity index (χ2v) is 5.08. The van der Waals surface area contributed by atoms with Crippen LogP contribution < -0.4 is 0 Å². The molecule has 0 amide bonds. The number of rotatable bonds is 8. The minimum Gasteiger partial charge on any atom is -0.460 e. The van der Waals surface area contributed by atoms with Gasteiger partial charge in [-0.15, -0.1) is 0 Å². The van der Waals surface area contributed by atoms with Crippen molar-refractivity contribution < 1.29 is 14.3 Å². The third-order valence-corrected chi connectivity index (χ3v) is 2.14. The average Bonchev–Trinajstić information content (AvgIpc) is 2.19. The molecule has 0 aromatic carbocycles. The van der Waals surface area contributed by atoms with Gasteiger partial charge in [0.2, 0.25) is 6.08 Å². The fraction of sp³-hybridized carbons (Fsp3) is 0.846. The van der Waals surface area contributed by atoms with Crippen LogP contribution in [0.25, 0.3) is 0 Å². The quantitative estimate of drug-likeness (QED) is 0.284. The highest BCUT2D eigenvalue weighted by Gasteiger charge is 2.15. The minimum absolute atomic E-state index is 0.122. The number of ether oxygens (including phenoxy) is 1. The molecule has 0 spiro atoms. The number of hydrogen-bond acceptors (Lipinski definition) is 4. The zero-order chi connectivity index (χ0) is 13.1. The maximum absolute atomic E-state index is 11.4. The first-order valence-electron chi connectivity index (χ1n) is 6.21. The van der Waals surface area contributed by atoms with Crippen LogP contribution in [0, 0.1) is 0 Å². The lowest BCUT2D eigenvalue weighted by molar-refractivity contribution is -0.154. The third kappa shape index (κ3) is 12.8. The molecule has 4 nitrogen and oxygen atoms in total. The van der Waals surface area contributed by atoms with Gasteiger partial charge in [-0.05, 0) is 33.6 Å². The van der Waals surface area contributed by atoms with Crippen molar-refractivity contribution in [2.24, 2.45) is 4.99 Å². The SMILES string of the molecule is CC(C)(C)OC(=O)CCCCCCCN=C=O. The summed E-state index contributed by atoms with van der Waals surface area (Å²) in [5.41, 5.74) is -0.385. The second-order valence-electron chi connectivity index (χ2n) is 5.08. The zero-order valence-corrected chi connectivity index (χ0v) is 11.1. The van der Waals surface area contributed by atoms with E-state index in [2.05, 4.69) is 4.99 Å². The van der Waals surface area contributed by atoms with Gasteiger partial charge in [0.15, 0.2) is 0 Å². The summed E-state index contributed by atoms with van der Waals surface area (Å²) in [7, 11) is 0. The van der Waals surface area contributed by atoms with Gasteiger partial charge in [-0.3, -0.25) is 4.79 Å². The first kappa shape index (κ1) is 15.9. The van der Waals surface area contributed by atoms with Gasteiger partial charge in [0, 0.05) is 6.42 Å². The fourth-order valence-electron chi connectivity index (χ4n) is 1.43. The largest absolute Gasteiger partial charge is 0.460 e. The summed E-state index contributed by atoms with van der Waals surface area (Å²) in [6, 6.07) is 0. The van der Waals surface area contributed by atoms with Gasteiger partial charge in [-0.2, -0.15) is 0 Å². The van der Waals surface area contributed by atoms with E-state index in [0.717, 1.165) is 32.1 Å². The summed E-state index contributed by atoms with van der Waals surface area (Å²) in [5, 5.41) is 0. The molecule has 4 heteroatoms. The van der Waals surface area contributed by atoms with Gasteiger partial charge < -0.3 is 4.74 Å². The molecular formula is C13H23NO3. The summed E-state index contributed by atoms with van der Waals surface area (Å²) in [5.74, 6) is -0.122. The fourth-order valence-corrected chi connectivity index (χ4v) is 1.43. The summed E-state index contributed by atoms with van der Waals surface area (Å²) in [4.78, 5) is 24.6. The molecule has 0 aromatic rings. The zero-order valence-electron chi connectivity index (χ0n) is 11.1. The maximum atomic E-state index is 11.4. The number of hydrogen-bond donors (Lipinski definition) is 0. The van der Waals surface area contributed by atoms with E-state index >= 15 is 0 Å². The molecule has 0 aromatic heterocycles. The summed E-state index contributed by atoms with van der Waals surface area (Å²) >= 11 is 0.